The summed E-state index contributed by atoms with van der Waals surface area (Å²) < 4.78 is 22.6. The first-order valence-electron chi connectivity index (χ1n) is 6.06. The van der Waals surface area contributed by atoms with E-state index >= 15 is 0 Å². The van der Waals surface area contributed by atoms with Crippen molar-refractivity contribution in [1.29, 1.82) is 0 Å². The fourth-order valence-electron chi connectivity index (χ4n) is 2.60. The lowest BCUT2D eigenvalue weighted by Crippen LogP contribution is -2.56. The molecule has 1 saturated heterocycles. The molecule has 1 unspecified atom stereocenters. The van der Waals surface area contributed by atoms with Crippen LogP contribution < -0.4 is 5.32 Å². The van der Waals surface area contributed by atoms with Gasteiger partial charge in [-0.1, -0.05) is 0 Å². The highest BCUT2D eigenvalue weighted by molar-refractivity contribution is 7.91. The predicted molar refractivity (Wildman–Crippen MR) is 63.7 cm³/mol. The predicted octanol–water partition coefficient (Wildman–Crippen LogP) is -0.0653. The third-order valence-electron chi connectivity index (χ3n) is 3.79. The number of aliphatic carboxylic acids is 1. The van der Waals surface area contributed by atoms with E-state index in [4.69, 9.17) is 5.11 Å². The van der Waals surface area contributed by atoms with Crippen LogP contribution in [0, 0.1) is 5.92 Å². The third kappa shape index (κ3) is 2.82. The normalized spacial score (nSPS) is 28.3. The van der Waals surface area contributed by atoms with Crippen molar-refractivity contribution in [3.8, 4) is 0 Å². The largest absolute Gasteiger partial charge is 0.481 e. The SMILES string of the molecule is O=C(O)CC1(NC(=O)C2CCS(=O)(=O)C2)CCC1. The molecule has 1 saturated carbocycles. The molecule has 1 heterocycles. The number of nitrogens with one attached hydrogen (secondary N) is 1. The Morgan fingerprint density at radius 1 is 1.33 bits per heavy atom. The molecule has 1 aliphatic heterocycles. The van der Waals surface area contributed by atoms with Crippen LogP contribution in [0.15, 0.2) is 0 Å². The molecular weight excluding hydrogens is 258 g/mol. The van der Waals surface area contributed by atoms with Crippen molar-refractivity contribution in [2.24, 2.45) is 5.92 Å². The highest BCUT2D eigenvalue weighted by Crippen LogP contribution is 2.35. The summed E-state index contributed by atoms with van der Waals surface area (Å²) in [5, 5.41) is 11.6. The second kappa shape index (κ2) is 4.53. The minimum Gasteiger partial charge on any atom is -0.481 e. The standard InChI is InChI=1S/C11H17NO5S/c13-9(14)6-11(3-1-4-11)12-10(15)8-2-5-18(16,17)7-8/h8H,1-7H2,(H,12,15)(H,13,14). The van der Waals surface area contributed by atoms with Gasteiger partial charge >= 0.3 is 5.97 Å². The molecular formula is C11H17NO5S. The van der Waals surface area contributed by atoms with E-state index < -0.39 is 27.3 Å². The van der Waals surface area contributed by atoms with Gasteiger partial charge in [-0.25, -0.2) is 8.42 Å². The molecule has 0 bridgehead atoms. The Labute approximate surface area is 106 Å². The number of carboxylic acids is 1. The molecule has 0 aromatic rings. The van der Waals surface area contributed by atoms with Crippen molar-refractivity contribution < 1.29 is 23.1 Å². The Bertz CT molecular complexity index is 466. The van der Waals surface area contributed by atoms with Gasteiger partial charge in [0.15, 0.2) is 9.84 Å². The summed E-state index contributed by atoms with van der Waals surface area (Å²) in [4.78, 5) is 22.7. The molecule has 6 nitrogen and oxygen atoms in total. The van der Waals surface area contributed by atoms with Crippen LogP contribution >= 0.6 is 0 Å². The molecule has 102 valence electrons. The second-order valence-corrected chi connectivity index (χ2v) is 7.52. The Morgan fingerprint density at radius 2 is 2.00 bits per heavy atom. The van der Waals surface area contributed by atoms with Crippen molar-refractivity contribution >= 4 is 21.7 Å². The molecule has 0 spiro atoms. The topological polar surface area (TPSA) is 101 Å². The number of carboxylic acid groups (broad SMARTS) is 1. The number of hydrogen-bond acceptors (Lipinski definition) is 4. The van der Waals surface area contributed by atoms with E-state index in [0.717, 1.165) is 6.42 Å². The van der Waals surface area contributed by atoms with Crippen LogP contribution in [0.3, 0.4) is 0 Å². The van der Waals surface area contributed by atoms with Crippen molar-refractivity contribution in [1.82, 2.24) is 5.32 Å². The van der Waals surface area contributed by atoms with Gasteiger partial charge in [-0.2, -0.15) is 0 Å². The van der Waals surface area contributed by atoms with Crippen molar-refractivity contribution in [3.63, 3.8) is 0 Å². The van der Waals surface area contributed by atoms with Crippen LogP contribution in [-0.2, 0) is 19.4 Å². The fourth-order valence-corrected chi connectivity index (χ4v) is 4.35. The van der Waals surface area contributed by atoms with E-state index in [9.17, 15) is 18.0 Å². The van der Waals surface area contributed by atoms with E-state index in [1.165, 1.54) is 0 Å². The van der Waals surface area contributed by atoms with Gasteiger partial charge in [0, 0.05) is 0 Å². The summed E-state index contributed by atoms with van der Waals surface area (Å²) in [6.45, 7) is 0. The molecule has 1 atom stereocenters. The zero-order chi connectivity index (χ0) is 13.4. The highest BCUT2D eigenvalue weighted by Gasteiger charge is 2.43. The lowest BCUT2D eigenvalue weighted by atomic mass is 9.74. The minimum absolute atomic E-state index is 0.0526. The molecule has 2 N–H and O–H groups in total. The molecule has 1 aliphatic carbocycles. The zero-order valence-electron chi connectivity index (χ0n) is 10.0. The van der Waals surface area contributed by atoms with E-state index in [1.807, 2.05) is 0 Å². The first kappa shape index (κ1) is 13.3. The Hall–Kier alpha value is -1.11. The summed E-state index contributed by atoms with van der Waals surface area (Å²) in [7, 11) is -3.08. The van der Waals surface area contributed by atoms with Crippen LogP contribution in [0.25, 0.3) is 0 Å². The van der Waals surface area contributed by atoms with Crippen LogP contribution in [0.5, 0.6) is 0 Å². The van der Waals surface area contributed by atoms with Gasteiger partial charge in [-0.3, -0.25) is 9.59 Å². The molecule has 0 aromatic heterocycles. The average Bonchev–Trinajstić information content (AvgIpc) is 2.54. The van der Waals surface area contributed by atoms with E-state index in [1.54, 1.807) is 0 Å². The van der Waals surface area contributed by atoms with Crippen molar-refractivity contribution in [3.05, 3.63) is 0 Å². The molecule has 2 fully saturated rings. The Morgan fingerprint density at radius 3 is 2.39 bits per heavy atom. The van der Waals surface area contributed by atoms with Crippen molar-refractivity contribution in [2.45, 2.75) is 37.6 Å². The number of hydrogen-bond donors (Lipinski definition) is 2. The van der Waals surface area contributed by atoms with Gasteiger partial charge in [-0.05, 0) is 25.7 Å². The summed E-state index contributed by atoms with van der Waals surface area (Å²) in [6.07, 6.45) is 2.47. The number of rotatable bonds is 4. The first-order chi connectivity index (χ1) is 8.32. The average molecular weight is 275 g/mol. The summed E-state index contributed by atoms with van der Waals surface area (Å²) in [5.41, 5.74) is -0.644. The van der Waals surface area contributed by atoms with Gasteiger partial charge in [-0.15, -0.1) is 0 Å². The summed E-state index contributed by atoms with van der Waals surface area (Å²) in [5.74, 6) is -1.81. The number of carbonyl (C=O) groups excluding carboxylic acids is 1. The van der Waals surface area contributed by atoms with Crippen LogP contribution in [0.1, 0.15) is 32.1 Å². The lowest BCUT2D eigenvalue weighted by molar-refractivity contribution is -0.140. The van der Waals surface area contributed by atoms with Crippen LogP contribution in [0.4, 0.5) is 0 Å². The monoisotopic (exact) mass is 275 g/mol. The van der Waals surface area contributed by atoms with Gasteiger partial charge in [0.1, 0.15) is 0 Å². The zero-order valence-corrected chi connectivity index (χ0v) is 10.8. The van der Waals surface area contributed by atoms with Crippen LogP contribution in [-0.4, -0.2) is 42.4 Å². The smallest absolute Gasteiger partial charge is 0.305 e. The number of amides is 1. The molecule has 7 heteroatoms. The van der Waals surface area contributed by atoms with Gasteiger partial charge in [0.2, 0.25) is 5.91 Å². The maximum absolute atomic E-state index is 12.0. The van der Waals surface area contributed by atoms with Gasteiger partial charge in [0.25, 0.3) is 0 Å². The highest BCUT2D eigenvalue weighted by atomic mass is 32.2. The van der Waals surface area contributed by atoms with E-state index in [2.05, 4.69) is 5.32 Å². The first-order valence-corrected chi connectivity index (χ1v) is 7.88. The Kier molecular flexibility index (Phi) is 3.35. The van der Waals surface area contributed by atoms with Crippen molar-refractivity contribution in [2.75, 3.05) is 11.5 Å². The molecule has 0 aromatic carbocycles. The molecule has 2 aliphatic rings. The number of carbonyl (C=O) groups is 2. The maximum atomic E-state index is 12.0. The lowest BCUT2D eigenvalue weighted by Gasteiger charge is -2.42. The molecule has 18 heavy (non-hydrogen) atoms. The molecule has 0 radical (unpaired) electrons. The van der Waals surface area contributed by atoms with Gasteiger partial charge < -0.3 is 10.4 Å². The molecule has 2 rings (SSSR count). The van der Waals surface area contributed by atoms with Crippen LogP contribution in [0.2, 0.25) is 0 Å². The Balaban J connectivity index is 1.96. The second-order valence-electron chi connectivity index (χ2n) is 5.29. The van der Waals surface area contributed by atoms with Gasteiger partial charge in [0.05, 0.1) is 29.4 Å². The number of sulfone groups is 1. The maximum Gasteiger partial charge on any atom is 0.305 e. The minimum atomic E-state index is -3.08. The fraction of sp³-hybridized carbons (Fsp3) is 0.818. The van der Waals surface area contributed by atoms with E-state index in [-0.39, 0.29) is 23.8 Å². The molecule has 1 amide bonds. The third-order valence-corrected chi connectivity index (χ3v) is 5.56. The quantitative estimate of drug-likeness (QED) is 0.748. The summed E-state index contributed by atoms with van der Waals surface area (Å²) in [6, 6.07) is 0. The summed E-state index contributed by atoms with van der Waals surface area (Å²) >= 11 is 0. The van der Waals surface area contributed by atoms with E-state index in [0.29, 0.717) is 19.3 Å².